The van der Waals surface area contributed by atoms with E-state index in [1.54, 1.807) is 0 Å². The zero-order valence-electron chi connectivity index (χ0n) is 4.79. The van der Waals surface area contributed by atoms with Crippen LogP contribution in [0.2, 0.25) is 0 Å². The highest BCUT2D eigenvalue weighted by molar-refractivity contribution is 8.50. The van der Waals surface area contributed by atoms with Crippen LogP contribution in [0.5, 0.6) is 0 Å². The molecule has 0 aromatic heterocycles. The van der Waals surface area contributed by atoms with Crippen molar-refractivity contribution in [3.63, 3.8) is 0 Å². The van der Waals surface area contributed by atoms with Crippen molar-refractivity contribution in [3.8, 4) is 0 Å². The van der Waals surface area contributed by atoms with Gasteiger partial charge in [-0.25, -0.2) is 0 Å². The van der Waals surface area contributed by atoms with E-state index in [-0.39, 0.29) is 0 Å². The quantitative estimate of drug-likeness (QED) is 0.647. The van der Waals surface area contributed by atoms with Crippen LogP contribution >= 0.6 is 47.0 Å². The number of thioether (sulfide) groups is 4. The Balaban J connectivity index is 2.03. The minimum Gasteiger partial charge on any atom is -0.140 e. The van der Waals surface area contributed by atoms with E-state index < -0.39 is 0 Å². The molecular formula is C4H8S4. The summed E-state index contributed by atoms with van der Waals surface area (Å²) >= 11 is 8.01. The second kappa shape index (κ2) is 3.54. The lowest BCUT2D eigenvalue weighted by molar-refractivity contribution is 1.83. The third-order valence-corrected chi connectivity index (χ3v) is 7.46. The first-order valence-corrected chi connectivity index (χ1v) is 6.69. The summed E-state index contributed by atoms with van der Waals surface area (Å²) in [6, 6.07) is 0. The van der Waals surface area contributed by atoms with Gasteiger partial charge in [-0.15, -0.1) is 47.0 Å². The number of hydrogen-bond donors (Lipinski definition) is 0. The van der Waals surface area contributed by atoms with E-state index in [1.165, 1.54) is 0 Å². The van der Waals surface area contributed by atoms with E-state index in [0.29, 0.717) is 0 Å². The Labute approximate surface area is 67.3 Å². The Kier molecular flexibility index (Phi) is 3.32. The van der Waals surface area contributed by atoms with Crippen LogP contribution in [0.15, 0.2) is 0 Å². The monoisotopic (exact) mass is 184 g/mol. The van der Waals surface area contributed by atoms with Gasteiger partial charge in [0, 0.05) is 0 Å². The summed E-state index contributed by atoms with van der Waals surface area (Å²) in [7, 11) is 0. The predicted octanol–water partition coefficient (Wildman–Crippen LogP) is 2.76. The van der Waals surface area contributed by atoms with Crippen molar-refractivity contribution < 1.29 is 0 Å². The fraction of sp³-hybridized carbons (Fsp3) is 1.00. The maximum atomic E-state index is 2.17. The molecule has 0 nitrogen and oxygen atoms in total. The Morgan fingerprint density at radius 1 is 1.00 bits per heavy atom. The molecule has 0 atom stereocenters. The molecule has 1 aliphatic heterocycles. The average Bonchev–Trinajstić information content (AvgIpc) is 1.65. The fourth-order valence-electron chi connectivity index (χ4n) is 0.414. The SMILES string of the molecule is CSC1SC(SC)S1. The van der Waals surface area contributed by atoms with E-state index in [0.717, 1.165) is 7.83 Å². The van der Waals surface area contributed by atoms with Gasteiger partial charge < -0.3 is 0 Å². The Morgan fingerprint density at radius 2 is 1.38 bits per heavy atom. The van der Waals surface area contributed by atoms with Crippen LogP contribution < -0.4 is 0 Å². The van der Waals surface area contributed by atoms with Gasteiger partial charge in [0.15, 0.2) is 0 Å². The van der Waals surface area contributed by atoms with Gasteiger partial charge in [-0.05, 0) is 12.5 Å². The molecule has 1 aliphatic rings. The van der Waals surface area contributed by atoms with Crippen molar-refractivity contribution in [1.82, 2.24) is 0 Å². The molecule has 0 aliphatic carbocycles. The molecule has 8 heavy (non-hydrogen) atoms. The van der Waals surface area contributed by atoms with Crippen LogP contribution in [-0.4, -0.2) is 20.3 Å². The molecule has 0 spiro atoms. The van der Waals surface area contributed by atoms with Gasteiger partial charge in [-0.1, -0.05) is 0 Å². The molecule has 1 heterocycles. The zero-order chi connectivity index (χ0) is 5.98. The van der Waals surface area contributed by atoms with Crippen LogP contribution in [0.4, 0.5) is 0 Å². The van der Waals surface area contributed by atoms with E-state index in [9.17, 15) is 0 Å². The maximum absolute atomic E-state index is 2.17. The molecular weight excluding hydrogens is 176 g/mol. The molecule has 0 radical (unpaired) electrons. The van der Waals surface area contributed by atoms with Gasteiger partial charge in [0.2, 0.25) is 0 Å². The first-order chi connectivity index (χ1) is 3.86. The molecule has 48 valence electrons. The number of rotatable bonds is 2. The predicted molar refractivity (Wildman–Crippen MR) is 49.8 cm³/mol. The van der Waals surface area contributed by atoms with Crippen LogP contribution in [0.25, 0.3) is 0 Å². The molecule has 1 saturated heterocycles. The Morgan fingerprint density at radius 3 is 1.62 bits per heavy atom. The lowest BCUT2D eigenvalue weighted by Gasteiger charge is -2.30. The first-order valence-electron chi connectivity index (χ1n) is 2.23. The minimum absolute atomic E-state index is 0.826. The lowest BCUT2D eigenvalue weighted by atomic mass is 11.8. The highest BCUT2D eigenvalue weighted by Crippen LogP contribution is 2.55. The largest absolute Gasteiger partial charge is 0.140 e. The fourth-order valence-corrected chi connectivity index (χ4v) is 6.17. The van der Waals surface area contributed by atoms with Crippen molar-refractivity contribution in [2.24, 2.45) is 0 Å². The summed E-state index contributed by atoms with van der Waals surface area (Å²) in [4.78, 5) is 0. The summed E-state index contributed by atoms with van der Waals surface area (Å²) in [5.41, 5.74) is 0. The minimum atomic E-state index is 0.826. The summed E-state index contributed by atoms with van der Waals surface area (Å²) in [6.45, 7) is 0. The normalized spacial score (nSPS) is 36.8. The standard InChI is InChI=1S/C4H8S4/c1-5-3-7-4(6-2)8-3/h3-4H,1-2H3. The Hall–Kier alpha value is 1.40. The van der Waals surface area contributed by atoms with Gasteiger partial charge in [0.1, 0.15) is 0 Å². The molecule has 4 heteroatoms. The average molecular weight is 184 g/mol. The molecule has 0 aromatic rings. The Bertz CT molecular complexity index is 60.4. The third kappa shape index (κ3) is 1.69. The molecule has 1 fully saturated rings. The highest BCUT2D eigenvalue weighted by Gasteiger charge is 2.28. The summed E-state index contributed by atoms with van der Waals surface area (Å²) in [6.07, 6.45) is 4.34. The van der Waals surface area contributed by atoms with Crippen LogP contribution in [0.1, 0.15) is 0 Å². The second-order valence-electron chi connectivity index (χ2n) is 1.32. The molecule has 0 N–H and O–H groups in total. The van der Waals surface area contributed by atoms with E-state index in [4.69, 9.17) is 0 Å². The van der Waals surface area contributed by atoms with Gasteiger partial charge in [0.05, 0.1) is 7.83 Å². The van der Waals surface area contributed by atoms with Crippen molar-refractivity contribution in [2.45, 2.75) is 7.83 Å². The number of hydrogen-bond acceptors (Lipinski definition) is 4. The van der Waals surface area contributed by atoms with Crippen molar-refractivity contribution in [1.29, 1.82) is 0 Å². The molecule has 0 bridgehead atoms. The van der Waals surface area contributed by atoms with Gasteiger partial charge in [-0.3, -0.25) is 0 Å². The van der Waals surface area contributed by atoms with Gasteiger partial charge in [0.25, 0.3) is 0 Å². The van der Waals surface area contributed by atoms with Crippen LogP contribution in [0.3, 0.4) is 0 Å². The second-order valence-corrected chi connectivity index (χ2v) is 7.43. The van der Waals surface area contributed by atoms with E-state index in [1.807, 2.05) is 23.5 Å². The molecule has 1 rings (SSSR count). The van der Waals surface area contributed by atoms with E-state index in [2.05, 4.69) is 36.0 Å². The van der Waals surface area contributed by atoms with Crippen molar-refractivity contribution in [2.75, 3.05) is 12.5 Å². The summed E-state index contributed by atoms with van der Waals surface area (Å²) in [5.74, 6) is 0. The van der Waals surface area contributed by atoms with Crippen LogP contribution in [0, 0.1) is 0 Å². The molecule has 0 unspecified atom stereocenters. The lowest BCUT2D eigenvalue weighted by Crippen LogP contribution is -2.10. The first kappa shape index (κ1) is 7.51. The zero-order valence-corrected chi connectivity index (χ0v) is 8.05. The smallest absolute Gasteiger partial charge is 0.0992 e. The highest BCUT2D eigenvalue weighted by atomic mass is 32.3. The van der Waals surface area contributed by atoms with Gasteiger partial charge >= 0.3 is 0 Å². The summed E-state index contributed by atoms with van der Waals surface area (Å²) in [5, 5.41) is 0. The van der Waals surface area contributed by atoms with Crippen LogP contribution in [-0.2, 0) is 0 Å². The summed E-state index contributed by atoms with van der Waals surface area (Å²) < 4.78 is 1.65. The third-order valence-electron chi connectivity index (χ3n) is 0.829. The molecule has 0 amide bonds. The van der Waals surface area contributed by atoms with Crippen molar-refractivity contribution >= 4 is 47.0 Å². The maximum Gasteiger partial charge on any atom is 0.0992 e. The molecule has 0 aromatic carbocycles. The van der Waals surface area contributed by atoms with Gasteiger partial charge in [-0.2, -0.15) is 0 Å². The topological polar surface area (TPSA) is 0 Å². The van der Waals surface area contributed by atoms with E-state index >= 15 is 0 Å². The molecule has 0 saturated carbocycles. The van der Waals surface area contributed by atoms with Crippen molar-refractivity contribution in [3.05, 3.63) is 0 Å².